The van der Waals surface area contributed by atoms with E-state index in [1.165, 1.54) is 13.1 Å². The number of nitrogens with zero attached hydrogens (tertiary/aromatic N) is 2. The molecule has 0 radical (unpaired) electrons. The average molecular weight is 344 g/mol. The van der Waals surface area contributed by atoms with Gasteiger partial charge in [0, 0.05) is 32.0 Å². The molecule has 1 aromatic rings. The van der Waals surface area contributed by atoms with Gasteiger partial charge in [-0.05, 0) is 44.5 Å². The normalized spacial score (nSPS) is 11.1. The minimum Gasteiger partial charge on any atom is -0.399 e. The fourth-order valence-electron chi connectivity index (χ4n) is 2.00. The number of benzene rings is 1. The molecular formula is C18H24N4O3. The fraction of sp³-hybridized carbons (Fsp3) is 0.389. The van der Waals surface area contributed by atoms with Gasteiger partial charge in [-0.2, -0.15) is 5.26 Å². The Morgan fingerprint density at radius 2 is 2.00 bits per heavy atom. The summed E-state index contributed by atoms with van der Waals surface area (Å²) in [4.78, 5) is 25.3. The fourth-order valence-corrected chi connectivity index (χ4v) is 2.00. The van der Waals surface area contributed by atoms with Crippen LogP contribution < -0.4 is 16.0 Å². The Bertz CT molecular complexity index is 660. The molecule has 7 heteroatoms. The van der Waals surface area contributed by atoms with Gasteiger partial charge >= 0.3 is 0 Å². The number of anilines is 2. The predicted molar refractivity (Wildman–Crippen MR) is 96.4 cm³/mol. The number of imide groups is 1. The van der Waals surface area contributed by atoms with Gasteiger partial charge in [-0.3, -0.25) is 9.59 Å². The number of nitrogens with one attached hydrogen (secondary N) is 1. The molecule has 134 valence electrons. The second kappa shape index (κ2) is 10.1. The lowest BCUT2D eigenvalue weighted by atomic mass is 10.2. The first-order chi connectivity index (χ1) is 11.9. The van der Waals surface area contributed by atoms with E-state index in [0.717, 1.165) is 11.3 Å². The van der Waals surface area contributed by atoms with Crippen LogP contribution >= 0.6 is 0 Å². The summed E-state index contributed by atoms with van der Waals surface area (Å²) < 4.78 is 5.40. The molecule has 25 heavy (non-hydrogen) atoms. The highest BCUT2D eigenvalue weighted by Gasteiger charge is 2.23. The van der Waals surface area contributed by atoms with E-state index in [4.69, 9.17) is 10.5 Å². The second-order valence-corrected chi connectivity index (χ2v) is 5.65. The number of nitriles is 1. The van der Waals surface area contributed by atoms with E-state index in [2.05, 4.69) is 5.32 Å². The zero-order valence-electron chi connectivity index (χ0n) is 14.8. The Morgan fingerprint density at radius 1 is 1.36 bits per heavy atom. The van der Waals surface area contributed by atoms with Gasteiger partial charge in [-0.15, -0.1) is 0 Å². The monoisotopic (exact) mass is 344 g/mol. The number of amides is 2. The summed E-state index contributed by atoms with van der Waals surface area (Å²) in [6.07, 6.45) is 2.22. The number of hydrogen-bond donors (Lipinski definition) is 2. The smallest absolute Gasteiger partial charge is 0.277 e. The first-order valence-electron chi connectivity index (χ1n) is 8.02. The van der Waals surface area contributed by atoms with Gasteiger partial charge in [-0.1, -0.05) is 0 Å². The number of ether oxygens (including phenoxy) is 1. The molecule has 0 bridgehead atoms. The number of carbonyl (C=O) groups is 2. The molecule has 7 nitrogen and oxygen atoms in total. The highest BCUT2D eigenvalue weighted by atomic mass is 16.5. The van der Waals surface area contributed by atoms with E-state index in [1.54, 1.807) is 24.3 Å². The highest BCUT2D eigenvalue weighted by molar-refractivity contribution is 6.21. The lowest BCUT2D eigenvalue weighted by molar-refractivity contribution is -0.123. The summed E-state index contributed by atoms with van der Waals surface area (Å²) in [5.74, 6) is -1.17. The Balaban J connectivity index is 2.77. The quantitative estimate of drug-likeness (QED) is 0.323. The third-order valence-electron chi connectivity index (χ3n) is 3.18. The molecule has 0 spiro atoms. The van der Waals surface area contributed by atoms with Crippen molar-refractivity contribution in [2.75, 3.05) is 23.8 Å². The molecule has 3 N–H and O–H groups in total. The predicted octanol–water partition coefficient (Wildman–Crippen LogP) is 1.96. The minimum absolute atomic E-state index is 0.156. The lowest BCUT2D eigenvalue weighted by Gasteiger charge is -2.19. The van der Waals surface area contributed by atoms with E-state index in [0.29, 0.717) is 24.5 Å². The van der Waals surface area contributed by atoms with Crippen LogP contribution in [-0.4, -0.2) is 31.1 Å². The lowest BCUT2D eigenvalue weighted by Crippen LogP contribution is -2.36. The van der Waals surface area contributed by atoms with Gasteiger partial charge in [0.15, 0.2) is 0 Å². The molecule has 0 aromatic heterocycles. The standard InChI is InChI=1S/C18H24N4O3/c1-13(2)25-10-4-9-21-12-15(11-19)18(24)22(14(3)23)17-7-5-16(20)6-8-17/h5-8,12-13,21H,4,9-10,20H2,1-3H3/b15-12-. The molecule has 0 aliphatic heterocycles. The Morgan fingerprint density at radius 3 is 2.52 bits per heavy atom. The maximum Gasteiger partial charge on any atom is 0.277 e. The van der Waals surface area contributed by atoms with Gasteiger partial charge in [0.25, 0.3) is 5.91 Å². The topological polar surface area (TPSA) is 108 Å². The molecule has 0 aliphatic carbocycles. The van der Waals surface area contributed by atoms with Crippen molar-refractivity contribution in [3.8, 4) is 6.07 Å². The van der Waals surface area contributed by atoms with E-state index >= 15 is 0 Å². The van der Waals surface area contributed by atoms with E-state index in [9.17, 15) is 14.9 Å². The minimum atomic E-state index is -0.689. The van der Waals surface area contributed by atoms with E-state index < -0.39 is 11.8 Å². The summed E-state index contributed by atoms with van der Waals surface area (Å²) in [6.45, 7) is 6.30. The number of nitrogens with two attached hydrogens (primary N) is 1. The van der Waals surface area contributed by atoms with Crippen LogP contribution in [0, 0.1) is 11.3 Å². The third-order valence-corrected chi connectivity index (χ3v) is 3.18. The van der Waals surface area contributed by atoms with Crippen LogP contribution in [0.4, 0.5) is 11.4 Å². The van der Waals surface area contributed by atoms with Crippen molar-refractivity contribution in [2.45, 2.75) is 33.3 Å². The van der Waals surface area contributed by atoms with Crippen molar-refractivity contribution in [3.05, 3.63) is 36.0 Å². The summed E-state index contributed by atoms with van der Waals surface area (Å²) in [6, 6.07) is 8.11. The van der Waals surface area contributed by atoms with Crippen molar-refractivity contribution < 1.29 is 14.3 Å². The van der Waals surface area contributed by atoms with Gasteiger partial charge in [0.2, 0.25) is 5.91 Å². The van der Waals surface area contributed by atoms with E-state index in [-0.39, 0.29) is 11.7 Å². The maximum atomic E-state index is 12.5. The van der Waals surface area contributed by atoms with Crippen molar-refractivity contribution in [1.29, 1.82) is 5.26 Å². The van der Waals surface area contributed by atoms with Crippen LogP contribution in [0.3, 0.4) is 0 Å². The van der Waals surface area contributed by atoms with Gasteiger partial charge in [0.05, 0.1) is 11.8 Å². The van der Waals surface area contributed by atoms with Crippen molar-refractivity contribution in [3.63, 3.8) is 0 Å². The molecular weight excluding hydrogens is 320 g/mol. The Kier molecular flexibility index (Phi) is 8.16. The number of carbonyl (C=O) groups excluding carboxylic acids is 2. The van der Waals surface area contributed by atoms with Gasteiger partial charge < -0.3 is 15.8 Å². The molecule has 0 atom stereocenters. The average Bonchev–Trinajstić information content (AvgIpc) is 2.55. The third kappa shape index (κ3) is 6.65. The van der Waals surface area contributed by atoms with Gasteiger partial charge in [0.1, 0.15) is 11.6 Å². The SMILES string of the molecule is CC(=O)N(C(=O)/C(C#N)=C\NCCCOC(C)C)c1ccc(N)cc1. The van der Waals surface area contributed by atoms with E-state index in [1.807, 2.05) is 19.9 Å². The molecule has 0 saturated carbocycles. The Hall–Kier alpha value is -2.85. The summed E-state index contributed by atoms with van der Waals surface area (Å²) in [7, 11) is 0. The molecule has 0 fully saturated rings. The number of nitrogen functional groups attached to an aromatic ring is 1. The van der Waals surface area contributed by atoms with Crippen LogP contribution in [-0.2, 0) is 14.3 Å². The zero-order valence-corrected chi connectivity index (χ0v) is 14.8. The van der Waals surface area contributed by atoms with Crippen LogP contribution in [0.5, 0.6) is 0 Å². The molecule has 0 saturated heterocycles. The molecule has 0 aliphatic rings. The van der Waals surface area contributed by atoms with Crippen LogP contribution in [0.15, 0.2) is 36.0 Å². The van der Waals surface area contributed by atoms with Gasteiger partial charge in [-0.25, -0.2) is 4.90 Å². The zero-order chi connectivity index (χ0) is 18.8. The number of hydrogen-bond acceptors (Lipinski definition) is 6. The van der Waals surface area contributed by atoms with Crippen LogP contribution in [0.25, 0.3) is 0 Å². The molecule has 1 rings (SSSR count). The van der Waals surface area contributed by atoms with Crippen LogP contribution in [0.1, 0.15) is 27.2 Å². The molecule has 1 aromatic carbocycles. The molecule has 0 heterocycles. The number of rotatable bonds is 8. The summed E-state index contributed by atoms with van der Waals surface area (Å²) in [5, 5.41) is 12.1. The van der Waals surface area contributed by atoms with Crippen molar-refractivity contribution >= 4 is 23.2 Å². The van der Waals surface area contributed by atoms with Crippen molar-refractivity contribution in [2.24, 2.45) is 0 Å². The Labute approximate surface area is 148 Å². The largest absolute Gasteiger partial charge is 0.399 e. The first-order valence-corrected chi connectivity index (χ1v) is 8.02. The molecule has 2 amide bonds. The maximum absolute atomic E-state index is 12.5. The summed E-state index contributed by atoms with van der Waals surface area (Å²) in [5.41, 5.74) is 6.34. The summed E-state index contributed by atoms with van der Waals surface area (Å²) >= 11 is 0. The molecule has 0 unspecified atom stereocenters. The van der Waals surface area contributed by atoms with Crippen LogP contribution in [0.2, 0.25) is 0 Å². The first kappa shape index (κ1) is 20.2. The highest BCUT2D eigenvalue weighted by Crippen LogP contribution is 2.18. The van der Waals surface area contributed by atoms with Crippen molar-refractivity contribution in [1.82, 2.24) is 5.32 Å². The second-order valence-electron chi connectivity index (χ2n) is 5.65.